The SMILES string of the molecule is CNCc1ccc(-c2cc(F)ccc2Cl)cc1. The number of nitrogens with one attached hydrogen (secondary N) is 1. The highest BCUT2D eigenvalue weighted by molar-refractivity contribution is 6.33. The lowest BCUT2D eigenvalue weighted by Gasteiger charge is -2.06. The summed E-state index contributed by atoms with van der Waals surface area (Å²) in [5.41, 5.74) is 2.83. The molecule has 2 aromatic carbocycles. The van der Waals surface area contributed by atoms with Crippen molar-refractivity contribution in [3.8, 4) is 11.1 Å². The second-order valence-electron chi connectivity index (χ2n) is 3.85. The lowest BCUT2D eigenvalue weighted by atomic mass is 10.0. The molecule has 0 aliphatic heterocycles. The molecule has 1 nitrogen and oxygen atoms in total. The zero-order valence-corrected chi connectivity index (χ0v) is 10.3. The molecule has 0 saturated heterocycles. The summed E-state index contributed by atoms with van der Waals surface area (Å²) in [5.74, 6) is -0.274. The van der Waals surface area contributed by atoms with Crippen LogP contribution in [0.1, 0.15) is 5.56 Å². The van der Waals surface area contributed by atoms with Crippen LogP contribution in [-0.4, -0.2) is 7.05 Å². The van der Waals surface area contributed by atoms with Gasteiger partial charge in [-0.1, -0.05) is 35.9 Å². The summed E-state index contributed by atoms with van der Waals surface area (Å²) in [4.78, 5) is 0. The highest BCUT2D eigenvalue weighted by atomic mass is 35.5. The van der Waals surface area contributed by atoms with Crippen molar-refractivity contribution in [3.63, 3.8) is 0 Å². The highest BCUT2D eigenvalue weighted by Crippen LogP contribution is 2.28. The Balaban J connectivity index is 2.36. The van der Waals surface area contributed by atoms with Crippen molar-refractivity contribution in [2.75, 3.05) is 7.05 Å². The first kappa shape index (κ1) is 12.1. The molecule has 2 rings (SSSR count). The summed E-state index contributed by atoms with van der Waals surface area (Å²) in [6.07, 6.45) is 0. The molecular weight excluding hydrogens is 237 g/mol. The van der Waals surface area contributed by atoms with Gasteiger partial charge in [0.15, 0.2) is 0 Å². The van der Waals surface area contributed by atoms with Gasteiger partial charge in [-0.2, -0.15) is 0 Å². The van der Waals surface area contributed by atoms with Crippen molar-refractivity contribution in [1.29, 1.82) is 0 Å². The van der Waals surface area contributed by atoms with Gasteiger partial charge < -0.3 is 5.32 Å². The minimum absolute atomic E-state index is 0.274. The molecule has 0 fully saturated rings. The van der Waals surface area contributed by atoms with Gasteiger partial charge in [-0.3, -0.25) is 0 Å². The first-order chi connectivity index (χ1) is 8.20. The smallest absolute Gasteiger partial charge is 0.123 e. The third-order valence-corrected chi connectivity index (χ3v) is 2.90. The van der Waals surface area contributed by atoms with Crippen LogP contribution in [0.3, 0.4) is 0 Å². The van der Waals surface area contributed by atoms with Gasteiger partial charge in [0.1, 0.15) is 5.82 Å². The number of benzene rings is 2. The van der Waals surface area contributed by atoms with Crippen LogP contribution >= 0.6 is 11.6 Å². The highest BCUT2D eigenvalue weighted by Gasteiger charge is 2.04. The largest absolute Gasteiger partial charge is 0.316 e. The minimum atomic E-state index is -0.274. The molecule has 0 radical (unpaired) electrons. The Morgan fingerprint density at radius 3 is 2.47 bits per heavy atom. The monoisotopic (exact) mass is 249 g/mol. The molecule has 0 bridgehead atoms. The number of halogens is 2. The Labute approximate surface area is 105 Å². The molecule has 0 unspecified atom stereocenters. The lowest BCUT2D eigenvalue weighted by Crippen LogP contribution is -2.04. The van der Waals surface area contributed by atoms with Crippen LogP contribution in [0.15, 0.2) is 42.5 Å². The van der Waals surface area contributed by atoms with Gasteiger partial charge in [0.05, 0.1) is 0 Å². The van der Waals surface area contributed by atoms with Crippen LogP contribution in [0.5, 0.6) is 0 Å². The molecule has 0 aliphatic rings. The van der Waals surface area contributed by atoms with Crippen LogP contribution < -0.4 is 5.32 Å². The van der Waals surface area contributed by atoms with E-state index in [9.17, 15) is 4.39 Å². The van der Waals surface area contributed by atoms with Crippen molar-refractivity contribution in [3.05, 3.63) is 58.9 Å². The molecular formula is C14H13ClFN. The van der Waals surface area contributed by atoms with E-state index in [1.54, 1.807) is 6.07 Å². The number of rotatable bonds is 3. The molecule has 0 saturated carbocycles. The van der Waals surface area contributed by atoms with E-state index in [0.717, 1.165) is 17.7 Å². The standard InChI is InChI=1S/C14H13ClFN/c1-17-9-10-2-4-11(5-3-10)13-8-12(16)6-7-14(13)15/h2-8,17H,9H2,1H3. The van der Waals surface area contributed by atoms with E-state index < -0.39 is 0 Å². The molecule has 0 spiro atoms. The Bertz CT molecular complexity index is 508. The third-order valence-electron chi connectivity index (χ3n) is 2.57. The molecule has 17 heavy (non-hydrogen) atoms. The maximum Gasteiger partial charge on any atom is 0.123 e. The van der Waals surface area contributed by atoms with Gasteiger partial charge in [-0.15, -0.1) is 0 Å². The predicted octanol–water partition coefficient (Wildman–Crippen LogP) is 3.87. The van der Waals surface area contributed by atoms with Crippen LogP contribution in [-0.2, 0) is 6.54 Å². The summed E-state index contributed by atoms with van der Waals surface area (Å²) in [7, 11) is 1.90. The van der Waals surface area contributed by atoms with Crippen molar-refractivity contribution in [2.24, 2.45) is 0 Å². The summed E-state index contributed by atoms with van der Waals surface area (Å²) >= 11 is 6.05. The Hall–Kier alpha value is -1.38. The van der Waals surface area contributed by atoms with E-state index in [-0.39, 0.29) is 5.82 Å². The second-order valence-corrected chi connectivity index (χ2v) is 4.26. The minimum Gasteiger partial charge on any atom is -0.316 e. The van der Waals surface area contributed by atoms with Crippen LogP contribution in [0, 0.1) is 5.82 Å². The lowest BCUT2D eigenvalue weighted by molar-refractivity contribution is 0.628. The average Bonchev–Trinajstić information content (AvgIpc) is 2.34. The summed E-state index contributed by atoms with van der Waals surface area (Å²) in [6, 6.07) is 12.3. The van der Waals surface area contributed by atoms with Gasteiger partial charge in [0, 0.05) is 17.1 Å². The van der Waals surface area contributed by atoms with Crippen molar-refractivity contribution in [2.45, 2.75) is 6.54 Å². The quantitative estimate of drug-likeness (QED) is 0.871. The topological polar surface area (TPSA) is 12.0 Å². The maximum absolute atomic E-state index is 13.2. The fourth-order valence-corrected chi connectivity index (χ4v) is 1.95. The summed E-state index contributed by atoms with van der Waals surface area (Å²) in [6.45, 7) is 0.817. The predicted molar refractivity (Wildman–Crippen MR) is 69.6 cm³/mol. The van der Waals surface area contributed by atoms with Gasteiger partial charge in [0.25, 0.3) is 0 Å². The maximum atomic E-state index is 13.2. The van der Waals surface area contributed by atoms with E-state index in [1.807, 2.05) is 31.3 Å². The first-order valence-corrected chi connectivity index (χ1v) is 5.77. The molecule has 3 heteroatoms. The Morgan fingerprint density at radius 2 is 1.82 bits per heavy atom. The molecule has 1 N–H and O–H groups in total. The van der Waals surface area contributed by atoms with E-state index in [4.69, 9.17) is 11.6 Å². The van der Waals surface area contributed by atoms with Crippen molar-refractivity contribution in [1.82, 2.24) is 5.32 Å². The second kappa shape index (κ2) is 5.30. The normalized spacial score (nSPS) is 10.5. The van der Waals surface area contributed by atoms with Crippen molar-refractivity contribution < 1.29 is 4.39 Å². The van der Waals surface area contributed by atoms with Crippen LogP contribution in [0.4, 0.5) is 4.39 Å². The molecule has 0 atom stereocenters. The fraction of sp³-hybridized carbons (Fsp3) is 0.143. The summed E-state index contributed by atoms with van der Waals surface area (Å²) < 4.78 is 13.2. The van der Waals surface area contributed by atoms with Crippen LogP contribution in [0.2, 0.25) is 5.02 Å². The average molecular weight is 250 g/mol. The third kappa shape index (κ3) is 2.84. The Morgan fingerprint density at radius 1 is 1.12 bits per heavy atom. The van der Waals surface area contributed by atoms with E-state index in [2.05, 4.69) is 5.32 Å². The van der Waals surface area contributed by atoms with E-state index in [0.29, 0.717) is 5.02 Å². The molecule has 0 aliphatic carbocycles. The molecule has 0 amide bonds. The molecule has 0 heterocycles. The van der Waals surface area contributed by atoms with E-state index in [1.165, 1.54) is 17.7 Å². The zero-order chi connectivity index (χ0) is 12.3. The Kier molecular flexibility index (Phi) is 3.77. The molecule has 88 valence electrons. The van der Waals surface area contributed by atoms with Crippen LogP contribution in [0.25, 0.3) is 11.1 Å². The summed E-state index contributed by atoms with van der Waals surface area (Å²) in [5, 5.41) is 3.64. The van der Waals surface area contributed by atoms with Gasteiger partial charge in [-0.25, -0.2) is 4.39 Å². The first-order valence-electron chi connectivity index (χ1n) is 5.39. The number of hydrogen-bond acceptors (Lipinski definition) is 1. The van der Waals surface area contributed by atoms with Gasteiger partial charge >= 0.3 is 0 Å². The molecule has 2 aromatic rings. The number of hydrogen-bond donors (Lipinski definition) is 1. The van der Waals surface area contributed by atoms with Crippen molar-refractivity contribution >= 4 is 11.6 Å². The van der Waals surface area contributed by atoms with Gasteiger partial charge in [-0.05, 0) is 36.4 Å². The van der Waals surface area contributed by atoms with Gasteiger partial charge in [0.2, 0.25) is 0 Å². The van der Waals surface area contributed by atoms with E-state index >= 15 is 0 Å². The molecule has 0 aromatic heterocycles. The fourth-order valence-electron chi connectivity index (χ4n) is 1.72. The zero-order valence-electron chi connectivity index (χ0n) is 9.50.